The number of benzene rings is 1. The van der Waals surface area contributed by atoms with Gasteiger partial charge in [0, 0.05) is 6.54 Å². The van der Waals surface area contributed by atoms with Crippen LogP contribution in [0.5, 0.6) is 5.75 Å². The summed E-state index contributed by atoms with van der Waals surface area (Å²) in [4.78, 5) is 10.9. The Kier molecular flexibility index (Phi) is 4.36. The van der Waals surface area contributed by atoms with Crippen LogP contribution in [-0.4, -0.2) is 36.2 Å². The maximum absolute atomic E-state index is 10.9. The van der Waals surface area contributed by atoms with Crippen LogP contribution in [0, 0.1) is 5.92 Å². The van der Waals surface area contributed by atoms with E-state index in [2.05, 4.69) is 5.32 Å². The average molecular weight is 267 g/mol. The van der Waals surface area contributed by atoms with Crippen LogP contribution >= 0.6 is 11.8 Å². The second-order valence-electron chi connectivity index (χ2n) is 4.33. The first kappa shape index (κ1) is 13.1. The summed E-state index contributed by atoms with van der Waals surface area (Å²) >= 11 is 1.97. The Bertz CT molecular complexity index is 430. The van der Waals surface area contributed by atoms with Crippen molar-refractivity contribution in [3.05, 3.63) is 23.8 Å². The smallest absolute Gasteiger partial charge is 0.335 e. The summed E-state index contributed by atoms with van der Waals surface area (Å²) in [6.45, 7) is 0.867. The molecule has 4 nitrogen and oxygen atoms in total. The van der Waals surface area contributed by atoms with E-state index in [0.717, 1.165) is 12.2 Å². The molecule has 2 rings (SSSR count). The Labute approximate surface area is 111 Å². The summed E-state index contributed by atoms with van der Waals surface area (Å²) in [6.07, 6.45) is 1.22. The number of rotatable bonds is 5. The lowest BCUT2D eigenvalue weighted by Gasteiger charge is -2.14. The van der Waals surface area contributed by atoms with Gasteiger partial charge in [-0.05, 0) is 42.0 Å². The third kappa shape index (κ3) is 3.10. The molecule has 1 saturated heterocycles. The third-order valence-corrected chi connectivity index (χ3v) is 4.28. The van der Waals surface area contributed by atoms with Crippen LogP contribution in [0.25, 0.3) is 0 Å². The molecule has 0 radical (unpaired) electrons. The zero-order chi connectivity index (χ0) is 13.0. The molecule has 2 N–H and O–H groups in total. The van der Waals surface area contributed by atoms with Crippen LogP contribution in [0.15, 0.2) is 18.2 Å². The molecule has 1 fully saturated rings. The Hall–Kier alpha value is -1.36. The van der Waals surface area contributed by atoms with Crippen LogP contribution in [0.3, 0.4) is 0 Å². The molecule has 0 aromatic heterocycles. The molecule has 1 atom stereocenters. The second-order valence-corrected chi connectivity index (χ2v) is 5.48. The number of carboxylic acid groups (broad SMARTS) is 1. The number of carbonyl (C=O) groups is 1. The first-order valence-corrected chi connectivity index (χ1v) is 7.09. The molecule has 0 aliphatic carbocycles. The van der Waals surface area contributed by atoms with Gasteiger partial charge in [0.05, 0.1) is 18.4 Å². The van der Waals surface area contributed by atoms with E-state index in [1.165, 1.54) is 17.9 Å². The molecule has 5 heteroatoms. The molecule has 0 bridgehead atoms. The maximum Gasteiger partial charge on any atom is 0.335 e. The number of thioether (sulfide) groups is 1. The SMILES string of the molecule is COc1ccc(C(=O)O)cc1NCC1CCSC1. The van der Waals surface area contributed by atoms with E-state index in [4.69, 9.17) is 9.84 Å². The summed E-state index contributed by atoms with van der Waals surface area (Å²) < 4.78 is 5.23. The highest BCUT2D eigenvalue weighted by Gasteiger charge is 2.16. The van der Waals surface area contributed by atoms with Gasteiger partial charge in [0.25, 0.3) is 0 Å². The molecule has 1 aromatic rings. The third-order valence-electron chi connectivity index (χ3n) is 3.05. The van der Waals surface area contributed by atoms with Gasteiger partial charge in [-0.2, -0.15) is 11.8 Å². The van der Waals surface area contributed by atoms with Gasteiger partial charge in [0.2, 0.25) is 0 Å². The molecular weight excluding hydrogens is 250 g/mol. The Morgan fingerprint density at radius 2 is 2.44 bits per heavy atom. The second kappa shape index (κ2) is 6.00. The first-order valence-electron chi connectivity index (χ1n) is 5.93. The minimum atomic E-state index is -0.919. The molecule has 1 unspecified atom stereocenters. The summed E-state index contributed by atoms with van der Waals surface area (Å²) in [5.41, 5.74) is 1.04. The van der Waals surface area contributed by atoms with Crippen molar-refractivity contribution in [1.29, 1.82) is 0 Å². The largest absolute Gasteiger partial charge is 0.495 e. The van der Waals surface area contributed by atoms with E-state index in [1.54, 1.807) is 25.3 Å². The number of anilines is 1. The maximum atomic E-state index is 10.9. The summed E-state index contributed by atoms with van der Waals surface area (Å²) in [5.74, 6) is 2.82. The Morgan fingerprint density at radius 3 is 3.06 bits per heavy atom. The molecule has 1 heterocycles. The fourth-order valence-corrected chi connectivity index (χ4v) is 3.26. The lowest BCUT2D eigenvalue weighted by atomic mass is 10.1. The van der Waals surface area contributed by atoms with Crippen molar-refractivity contribution in [3.8, 4) is 5.75 Å². The van der Waals surface area contributed by atoms with E-state index >= 15 is 0 Å². The van der Waals surface area contributed by atoms with Gasteiger partial charge in [-0.25, -0.2) is 4.79 Å². The summed E-state index contributed by atoms with van der Waals surface area (Å²) in [7, 11) is 1.59. The molecular formula is C13H17NO3S. The highest BCUT2D eigenvalue weighted by Crippen LogP contribution is 2.28. The van der Waals surface area contributed by atoms with Gasteiger partial charge < -0.3 is 15.2 Å². The summed E-state index contributed by atoms with van der Waals surface area (Å²) in [6, 6.07) is 4.87. The van der Waals surface area contributed by atoms with Crippen molar-refractivity contribution in [1.82, 2.24) is 0 Å². The quantitative estimate of drug-likeness (QED) is 0.858. The van der Waals surface area contributed by atoms with Gasteiger partial charge in [-0.1, -0.05) is 0 Å². The normalized spacial score (nSPS) is 18.6. The predicted molar refractivity (Wildman–Crippen MR) is 73.9 cm³/mol. The monoisotopic (exact) mass is 267 g/mol. The fraction of sp³-hybridized carbons (Fsp3) is 0.462. The molecule has 0 amide bonds. The van der Waals surface area contributed by atoms with Crippen molar-refractivity contribution < 1.29 is 14.6 Å². The first-order chi connectivity index (χ1) is 8.70. The minimum Gasteiger partial charge on any atom is -0.495 e. The number of ether oxygens (including phenoxy) is 1. The van der Waals surface area contributed by atoms with E-state index in [9.17, 15) is 4.79 Å². The minimum absolute atomic E-state index is 0.277. The topological polar surface area (TPSA) is 58.6 Å². The molecule has 1 aliphatic heterocycles. The van der Waals surface area contributed by atoms with Gasteiger partial charge in [0.1, 0.15) is 5.75 Å². The van der Waals surface area contributed by atoms with E-state index in [1.807, 2.05) is 11.8 Å². The van der Waals surface area contributed by atoms with Gasteiger partial charge in [0.15, 0.2) is 0 Å². The number of carboxylic acids is 1. The van der Waals surface area contributed by atoms with E-state index in [0.29, 0.717) is 11.7 Å². The average Bonchev–Trinajstić information content (AvgIpc) is 2.89. The highest BCUT2D eigenvalue weighted by molar-refractivity contribution is 7.99. The number of aromatic carboxylic acids is 1. The number of methoxy groups -OCH3 is 1. The molecule has 1 aliphatic rings. The van der Waals surface area contributed by atoms with Crippen molar-refractivity contribution >= 4 is 23.4 Å². The van der Waals surface area contributed by atoms with Gasteiger partial charge in [-0.3, -0.25) is 0 Å². The molecule has 1 aromatic carbocycles. The molecule has 0 spiro atoms. The number of hydrogen-bond donors (Lipinski definition) is 2. The van der Waals surface area contributed by atoms with Gasteiger partial charge in [-0.15, -0.1) is 0 Å². The molecule has 0 saturated carbocycles. The van der Waals surface area contributed by atoms with Crippen molar-refractivity contribution in [2.75, 3.05) is 30.5 Å². The highest BCUT2D eigenvalue weighted by atomic mass is 32.2. The van der Waals surface area contributed by atoms with Crippen molar-refractivity contribution in [2.45, 2.75) is 6.42 Å². The Morgan fingerprint density at radius 1 is 1.61 bits per heavy atom. The lowest BCUT2D eigenvalue weighted by Crippen LogP contribution is -2.14. The van der Waals surface area contributed by atoms with E-state index in [-0.39, 0.29) is 5.56 Å². The van der Waals surface area contributed by atoms with Crippen LogP contribution in [-0.2, 0) is 0 Å². The van der Waals surface area contributed by atoms with Crippen LogP contribution < -0.4 is 10.1 Å². The standard InChI is InChI=1S/C13H17NO3S/c1-17-12-3-2-10(13(15)16)6-11(12)14-7-9-4-5-18-8-9/h2-3,6,9,14H,4-5,7-8H2,1H3,(H,15,16). The number of hydrogen-bond acceptors (Lipinski definition) is 4. The summed E-state index contributed by atoms with van der Waals surface area (Å²) in [5, 5.41) is 12.3. The van der Waals surface area contributed by atoms with Crippen LogP contribution in [0.1, 0.15) is 16.8 Å². The van der Waals surface area contributed by atoms with E-state index < -0.39 is 5.97 Å². The Balaban J connectivity index is 2.08. The molecule has 98 valence electrons. The lowest BCUT2D eigenvalue weighted by molar-refractivity contribution is 0.0697. The molecule has 18 heavy (non-hydrogen) atoms. The zero-order valence-corrected chi connectivity index (χ0v) is 11.1. The fourth-order valence-electron chi connectivity index (χ4n) is 1.98. The number of nitrogens with one attached hydrogen (secondary N) is 1. The van der Waals surface area contributed by atoms with Crippen LogP contribution in [0.4, 0.5) is 5.69 Å². The predicted octanol–water partition coefficient (Wildman–Crippen LogP) is 2.56. The zero-order valence-electron chi connectivity index (χ0n) is 10.3. The van der Waals surface area contributed by atoms with Crippen molar-refractivity contribution in [3.63, 3.8) is 0 Å². The van der Waals surface area contributed by atoms with Crippen LogP contribution in [0.2, 0.25) is 0 Å². The van der Waals surface area contributed by atoms with Crippen molar-refractivity contribution in [2.24, 2.45) is 5.92 Å². The van der Waals surface area contributed by atoms with Gasteiger partial charge >= 0.3 is 5.97 Å².